The van der Waals surface area contributed by atoms with Crippen LogP contribution in [-0.4, -0.2) is 17.5 Å². The average molecular weight is 706 g/mol. The molecule has 0 spiro atoms. The lowest BCUT2D eigenvalue weighted by atomic mass is 9.82. The number of carbonyl (C=O) groups excluding carboxylic acids is 3. The lowest BCUT2D eigenvalue weighted by Crippen LogP contribution is -2.24. The van der Waals surface area contributed by atoms with Gasteiger partial charge in [-0.25, -0.2) is 0 Å². The molecule has 1 amide bonds. The third-order valence-corrected chi connectivity index (χ3v) is 10.3. The molecule has 0 saturated carbocycles. The molecule has 5 nitrogen and oxygen atoms in total. The molecule has 0 unspecified atom stereocenters. The van der Waals surface area contributed by atoms with E-state index < -0.39 is 0 Å². The number of nitrogens with one attached hydrogen (secondary N) is 1. The molecule has 5 heteroatoms. The third-order valence-electron chi connectivity index (χ3n) is 10.3. The van der Waals surface area contributed by atoms with Gasteiger partial charge in [0.05, 0.1) is 16.8 Å². The maximum atomic E-state index is 14.0. The molecule has 0 aliphatic heterocycles. The van der Waals surface area contributed by atoms with Crippen LogP contribution in [0.5, 0.6) is 11.5 Å². The monoisotopic (exact) mass is 705 g/mol. The van der Waals surface area contributed by atoms with Crippen LogP contribution in [0.15, 0.2) is 109 Å². The number of amides is 1. The fourth-order valence-electron chi connectivity index (χ4n) is 7.15. The van der Waals surface area contributed by atoms with Crippen molar-refractivity contribution in [3.8, 4) is 22.6 Å². The van der Waals surface area contributed by atoms with E-state index in [1.165, 1.54) is 75.3 Å². The number of benzene rings is 5. The zero-order valence-corrected chi connectivity index (χ0v) is 31.2. The van der Waals surface area contributed by atoms with Gasteiger partial charge in [-0.1, -0.05) is 144 Å². The Morgan fingerprint density at radius 1 is 0.528 bits per heavy atom. The van der Waals surface area contributed by atoms with Crippen molar-refractivity contribution >= 4 is 23.2 Å². The summed E-state index contributed by atoms with van der Waals surface area (Å²) in [6, 6.07) is 34.1. The van der Waals surface area contributed by atoms with Crippen molar-refractivity contribution in [3.05, 3.63) is 148 Å². The highest BCUT2D eigenvalue weighted by molar-refractivity contribution is 6.31. The largest absolute Gasteiger partial charge is 0.457 e. The van der Waals surface area contributed by atoms with Crippen LogP contribution in [-0.2, 0) is 12.8 Å². The minimum absolute atomic E-state index is 0.140. The normalized spacial score (nSPS) is 12.0. The Labute approximate surface area is 314 Å². The molecule has 1 aliphatic rings. The van der Waals surface area contributed by atoms with Gasteiger partial charge in [-0.15, -0.1) is 0 Å². The molecule has 1 N–H and O–H groups in total. The number of ether oxygens (including phenoxy) is 1. The van der Waals surface area contributed by atoms with Crippen LogP contribution >= 0.6 is 0 Å². The second-order valence-electron chi connectivity index (χ2n) is 14.2. The lowest BCUT2D eigenvalue weighted by molar-refractivity contribution is 0.0976. The number of rotatable bonds is 18. The molecule has 0 heterocycles. The van der Waals surface area contributed by atoms with Gasteiger partial charge >= 0.3 is 0 Å². The van der Waals surface area contributed by atoms with Crippen LogP contribution in [0.2, 0.25) is 0 Å². The highest BCUT2D eigenvalue weighted by atomic mass is 16.5. The van der Waals surface area contributed by atoms with Crippen LogP contribution in [0, 0.1) is 0 Å². The highest BCUT2D eigenvalue weighted by Crippen LogP contribution is 2.39. The number of hydrogen-bond donors (Lipinski definition) is 1. The Bertz CT molecular complexity index is 2010. The first-order chi connectivity index (χ1) is 26.0. The van der Waals surface area contributed by atoms with E-state index in [1.54, 1.807) is 48.5 Å². The number of aryl methyl sites for hydroxylation is 2. The van der Waals surface area contributed by atoms with E-state index in [-0.39, 0.29) is 40.0 Å². The molecule has 0 atom stereocenters. The van der Waals surface area contributed by atoms with Crippen LogP contribution in [0.1, 0.15) is 138 Å². The Hall–Kier alpha value is -5.29. The fraction of sp³-hybridized carbons (Fsp3) is 0.312. The maximum absolute atomic E-state index is 14.0. The summed E-state index contributed by atoms with van der Waals surface area (Å²) in [5, 5.41) is 2.93. The molecule has 5 aromatic carbocycles. The number of carbonyl (C=O) groups is 3. The van der Waals surface area contributed by atoms with Gasteiger partial charge in [0.1, 0.15) is 11.5 Å². The predicted molar refractivity (Wildman–Crippen MR) is 216 cm³/mol. The van der Waals surface area contributed by atoms with Gasteiger partial charge in [0, 0.05) is 16.7 Å². The Balaban J connectivity index is 1.16. The van der Waals surface area contributed by atoms with E-state index in [2.05, 4.69) is 55.6 Å². The van der Waals surface area contributed by atoms with E-state index in [1.807, 2.05) is 24.3 Å². The average Bonchev–Trinajstić information content (AvgIpc) is 3.19. The summed E-state index contributed by atoms with van der Waals surface area (Å²) < 4.78 is 6.28. The predicted octanol–water partition coefficient (Wildman–Crippen LogP) is 12.6. The van der Waals surface area contributed by atoms with Crippen LogP contribution in [0.4, 0.5) is 5.69 Å². The highest BCUT2D eigenvalue weighted by Gasteiger charge is 2.35. The summed E-state index contributed by atoms with van der Waals surface area (Å²) in [6.45, 7) is 4.47. The molecular weight excluding hydrogens is 655 g/mol. The van der Waals surface area contributed by atoms with E-state index in [0.717, 1.165) is 30.4 Å². The Morgan fingerprint density at radius 3 is 1.58 bits per heavy atom. The molecule has 1 aliphatic carbocycles. The van der Waals surface area contributed by atoms with E-state index >= 15 is 0 Å². The molecular formula is C48H51NO4. The standard InChI is InChI=1S/C48H51NO4/c1-3-5-7-9-11-13-16-34-20-24-36(25-21-34)37-26-28-38(29-27-37)48(52)49-42-32-33-43(45-44(42)46(50)40-18-14-15-19-41(40)47(45)51)53-39-30-22-35(23-31-39)17-12-10-8-6-4-2/h14-15,18-33H,3-13,16-17H2,1-2H3,(H,49,52). The minimum Gasteiger partial charge on any atom is -0.457 e. The zero-order valence-electron chi connectivity index (χ0n) is 31.2. The van der Waals surface area contributed by atoms with E-state index in [4.69, 9.17) is 4.74 Å². The number of anilines is 1. The van der Waals surface area contributed by atoms with Gasteiger partial charge in [-0.2, -0.15) is 0 Å². The molecule has 0 radical (unpaired) electrons. The quantitative estimate of drug-likeness (QED) is 0.0904. The van der Waals surface area contributed by atoms with Gasteiger partial charge in [0.2, 0.25) is 0 Å². The zero-order chi connectivity index (χ0) is 37.0. The van der Waals surface area contributed by atoms with Gasteiger partial charge in [-0.3, -0.25) is 14.4 Å². The molecule has 0 aromatic heterocycles. The Morgan fingerprint density at radius 2 is 1.02 bits per heavy atom. The number of fused-ring (bicyclic) bond motifs is 2. The molecule has 5 aromatic rings. The van der Waals surface area contributed by atoms with Crippen LogP contribution < -0.4 is 10.1 Å². The molecule has 0 fully saturated rings. The first-order valence-electron chi connectivity index (χ1n) is 19.6. The Kier molecular flexibility index (Phi) is 13.1. The summed E-state index contributed by atoms with van der Waals surface area (Å²) in [6.07, 6.45) is 15.9. The summed E-state index contributed by atoms with van der Waals surface area (Å²) >= 11 is 0. The second kappa shape index (κ2) is 18.5. The van der Waals surface area contributed by atoms with Gasteiger partial charge < -0.3 is 10.1 Å². The smallest absolute Gasteiger partial charge is 0.255 e. The van der Waals surface area contributed by atoms with E-state index in [9.17, 15) is 14.4 Å². The van der Waals surface area contributed by atoms with Crippen molar-refractivity contribution in [2.75, 3.05) is 5.32 Å². The number of ketones is 2. The third kappa shape index (κ3) is 9.39. The van der Waals surface area contributed by atoms with Crippen molar-refractivity contribution in [1.82, 2.24) is 0 Å². The van der Waals surface area contributed by atoms with Gasteiger partial charge in [0.25, 0.3) is 5.91 Å². The fourth-order valence-corrected chi connectivity index (χ4v) is 7.15. The summed E-state index contributed by atoms with van der Waals surface area (Å²) in [5.41, 5.74) is 6.33. The first-order valence-corrected chi connectivity index (χ1v) is 19.6. The summed E-state index contributed by atoms with van der Waals surface area (Å²) in [4.78, 5) is 41.6. The number of unbranched alkanes of at least 4 members (excludes halogenated alkanes) is 9. The van der Waals surface area contributed by atoms with Crippen LogP contribution in [0.25, 0.3) is 11.1 Å². The first kappa shape index (κ1) is 37.5. The van der Waals surface area contributed by atoms with Crippen molar-refractivity contribution in [1.29, 1.82) is 0 Å². The van der Waals surface area contributed by atoms with Crippen molar-refractivity contribution in [2.45, 2.75) is 97.3 Å². The molecule has 272 valence electrons. The van der Waals surface area contributed by atoms with Gasteiger partial charge in [-0.05, 0) is 84.3 Å². The van der Waals surface area contributed by atoms with Gasteiger partial charge in [0.15, 0.2) is 11.6 Å². The van der Waals surface area contributed by atoms with Crippen molar-refractivity contribution < 1.29 is 19.1 Å². The van der Waals surface area contributed by atoms with Crippen LogP contribution in [0.3, 0.4) is 0 Å². The second-order valence-corrected chi connectivity index (χ2v) is 14.2. The topological polar surface area (TPSA) is 72.5 Å². The molecule has 0 bridgehead atoms. The van der Waals surface area contributed by atoms with Crippen molar-refractivity contribution in [3.63, 3.8) is 0 Å². The maximum Gasteiger partial charge on any atom is 0.255 e. The molecule has 0 saturated heterocycles. The molecule has 6 rings (SSSR count). The molecule has 53 heavy (non-hydrogen) atoms. The minimum atomic E-state index is -0.369. The lowest BCUT2D eigenvalue weighted by Gasteiger charge is -2.23. The summed E-state index contributed by atoms with van der Waals surface area (Å²) in [5.74, 6) is -0.158. The van der Waals surface area contributed by atoms with E-state index in [0.29, 0.717) is 22.4 Å². The number of hydrogen-bond acceptors (Lipinski definition) is 4. The summed E-state index contributed by atoms with van der Waals surface area (Å²) in [7, 11) is 0. The SMILES string of the molecule is CCCCCCCCc1ccc(-c2ccc(C(=O)Nc3ccc(Oc4ccc(CCCCCCC)cc4)c4c3C(=O)c3ccccc3C4=O)cc2)cc1. The van der Waals surface area contributed by atoms with Crippen molar-refractivity contribution in [2.24, 2.45) is 0 Å².